The standard InChI is InChI=1S/C14H20O6/c1-2-8-4-3-5-9(6-8)19-14-13(18)12(17)11(16)10(7-15)20-14/h3-6,10-18H,2,7H2,1H3/t10-,11-,12+,13-,14+/m0/s1. The molecule has 0 aliphatic carbocycles. The average molecular weight is 284 g/mol. The van der Waals surface area contributed by atoms with Gasteiger partial charge in [0.2, 0.25) is 6.29 Å². The summed E-state index contributed by atoms with van der Waals surface area (Å²) in [6.07, 6.45) is -5.47. The Hall–Kier alpha value is -1.18. The average Bonchev–Trinajstić information content (AvgIpc) is 2.48. The van der Waals surface area contributed by atoms with E-state index < -0.39 is 37.3 Å². The predicted molar refractivity (Wildman–Crippen MR) is 70.2 cm³/mol. The third-order valence-electron chi connectivity index (χ3n) is 3.41. The molecule has 0 unspecified atom stereocenters. The molecule has 1 aromatic rings. The summed E-state index contributed by atoms with van der Waals surface area (Å²) in [5.74, 6) is 0.494. The van der Waals surface area contributed by atoms with Crippen LogP contribution < -0.4 is 4.74 Å². The number of aliphatic hydroxyl groups is 4. The molecular formula is C14H20O6. The number of aryl methyl sites for hydroxylation is 1. The molecule has 1 aliphatic heterocycles. The summed E-state index contributed by atoms with van der Waals surface area (Å²) in [6.45, 7) is 1.53. The normalized spacial score (nSPS) is 34.0. The van der Waals surface area contributed by atoms with Crippen molar-refractivity contribution in [3.63, 3.8) is 0 Å². The van der Waals surface area contributed by atoms with Crippen LogP contribution in [-0.4, -0.2) is 57.7 Å². The van der Waals surface area contributed by atoms with Crippen LogP contribution in [0.2, 0.25) is 0 Å². The monoisotopic (exact) mass is 284 g/mol. The Morgan fingerprint density at radius 3 is 2.55 bits per heavy atom. The van der Waals surface area contributed by atoms with Crippen LogP contribution in [0.4, 0.5) is 0 Å². The zero-order valence-corrected chi connectivity index (χ0v) is 11.2. The van der Waals surface area contributed by atoms with Gasteiger partial charge >= 0.3 is 0 Å². The second-order valence-electron chi connectivity index (χ2n) is 4.82. The Balaban J connectivity index is 2.10. The van der Waals surface area contributed by atoms with E-state index in [9.17, 15) is 15.3 Å². The highest BCUT2D eigenvalue weighted by atomic mass is 16.7. The highest BCUT2D eigenvalue weighted by molar-refractivity contribution is 5.28. The van der Waals surface area contributed by atoms with Crippen LogP contribution in [0.25, 0.3) is 0 Å². The lowest BCUT2D eigenvalue weighted by molar-refractivity contribution is -0.277. The van der Waals surface area contributed by atoms with E-state index in [1.165, 1.54) is 0 Å². The molecule has 1 saturated heterocycles. The molecule has 4 N–H and O–H groups in total. The van der Waals surface area contributed by atoms with Crippen molar-refractivity contribution in [2.24, 2.45) is 0 Å². The van der Waals surface area contributed by atoms with Crippen molar-refractivity contribution in [2.45, 2.75) is 44.1 Å². The quantitative estimate of drug-likeness (QED) is 0.591. The van der Waals surface area contributed by atoms with Gasteiger partial charge in [-0.05, 0) is 24.1 Å². The van der Waals surface area contributed by atoms with Gasteiger partial charge < -0.3 is 29.9 Å². The maximum Gasteiger partial charge on any atom is 0.229 e. The smallest absolute Gasteiger partial charge is 0.229 e. The maximum atomic E-state index is 9.87. The van der Waals surface area contributed by atoms with E-state index in [0.717, 1.165) is 12.0 Å². The van der Waals surface area contributed by atoms with Gasteiger partial charge in [-0.25, -0.2) is 0 Å². The SMILES string of the molecule is CCc1cccc(O[C@@H]2O[C@@H](CO)[C@H](O)[C@@H](O)[C@@H]2O)c1. The lowest BCUT2D eigenvalue weighted by Gasteiger charge is -2.39. The third kappa shape index (κ3) is 3.11. The number of ether oxygens (including phenoxy) is 2. The molecule has 0 amide bonds. The van der Waals surface area contributed by atoms with E-state index in [0.29, 0.717) is 5.75 Å². The van der Waals surface area contributed by atoms with E-state index in [1.807, 2.05) is 19.1 Å². The second kappa shape index (κ2) is 6.51. The Kier molecular flexibility index (Phi) is 4.95. The van der Waals surface area contributed by atoms with Gasteiger partial charge in [0, 0.05) is 0 Å². The van der Waals surface area contributed by atoms with Crippen LogP contribution in [0.1, 0.15) is 12.5 Å². The van der Waals surface area contributed by atoms with Gasteiger partial charge in [-0.2, -0.15) is 0 Å². The molecule has 1 aromatic carbocycles. The van der Waals surface area contributed by atoms with Crippen molar-refractivity contribution in [3.05, 3.63) is 29.8 Å². The van der Waals surface area contributed by atoms with E-state index in [1.54, 1.807) is 12.1 Å². The summed E-state index contributed by atoms with van der Waals surface area (Å²) in [7, 11) is 0. The minimum atomic E-state index is -1.43. The fourth-order valence-corrected chi connectivity index (χ4v) is 2.14. The van der Waals surface area contributed by atoms with Crippen molar-refractivity contribution in [1.82, 2.24) is 0 Å². The van der Waals surface area contributed by atoms with Crippen molar-refractivity contribution >= 4 is 0 Å². The first-order valence-electron chi connectivity index (χ1n) is 6.63. The van der Waals surface area contributed by atoms with Crippen LogP contribution in [-0.2, 0) is 11.2 Å². The van der Waals surface area contributed by atoms with Crippen LogP contribution in [0, 0.1) is 0 Å². The third-order valence-corrected chi connectivity index (χ3v) is 3.41. The van der Waals surface area contributed by atoms with E-state index in [4.69, 9.17) is 14.6 Å². The largest absolute Gasteiger partial charge is 0.462 e. The summed E-state index contributed by atoms with van der Waals surface area (Å²) < 4.78 is 10.8. The number of hydrogen-bond acceptors (Lipinski definition) is 6. The number of aliphatic hydroxyl groups excluding tert-OH is 4. The molecule has 0 radical (unpaired) electrons. The molecule has 1 fully saturated rings. The van der Waals surface area contributed by atoms with Gasteiger partial charge in [-0.3, -0.25) is 0 Å². The Morgan fingerprint density at radius 2 is 1.90 bits per heavy atom. The zero-order valence-electron chi connectivity index (χ0n) is 11.2. The maximum absolute atomic E-state index is 9.87. The minimum Gasteiger partial charge on any atom is -0.462 e. The van der Waals surface area contributed by atoms with E-state index in [2.05, 4.69) is 0 Å². The highest BCUT2D eigenvalue weighted by Gasteiger charge is 2.44. The first kappa shape index (κ1) is 15.2. The molecule has 2 rings (SSSR count). The number of hydrogen-bond donors (Lipinski definition) is 4. The number of benzene rings is 1. The van der Waals surface area contributed by atoms with Crippen molar-refractivity contribution in [2.75, 3.05) is 6.61 Å². The van der Waals surface area contributed by atoms with Crippen LogP contribution in [0.15, 0.2) is 24.3 Å². The topological polar surface area (TPSA) is 99.4 Å². The fourth-order valence-electron chi connectivity index (χ4n) is 2.14. The van der Waals surface area contributed by atoms with E-state index >= 15 is 0 Å². The Labute approximate surface area is 117 Å². The highest BCUT2D eigenvalue weighted by Crippen LogP contribution is 2.24. The number of rotatable bonds is 4. The first-order valence-corrected chi connectivity index (χ1v) is 6.63. The summed E-state index contributed by atoms with van der Waals surface area (Å²) in [5.41, 5.74) is 1.06. The van der Waals surface area contributed by atoms with Gasteiger partial charge in [-0.15, -0.1) is 0 Å². The van der Waals surface area contributed by atoms with Crippen LogP contribution >= 0.6 is 0 Å². The summed E-state index contributed by atoms with van der Waals surface area (Å²) in [4.78, 5) is 0. The Morgan fingerprint density at radius 1 is 1.15 bits per heavy atom. The lowest BCUT2D eigenvalue weighted by Crippen LogP contribution is -2.60. The second-order valence-corrected chi connectivity index (χ2v) is 4.82. The van der Waals surface area contributed by atoms with Crippen molar-refractivity contribution in [1.29, 1.82) is 0 Å². The summed E-state index contributed by atoms with van der Waals surface area (Å²) >= 11 is 0. The molecular weight excluding hydrogens is 264 g/mol. The van der Waals surface area contributed by atoms with Gasteiger partial charge in [0.1, 0.15) is 30.2 Å². The first-order chi connectivity index (χ1) is 9.56. The molecule has 5 atom stereocenters. The van der Waals surface area contributed by atoms with E-state index in [-0.39, 0.29) is 0 Å². The van der Waals surface area contributed by atoms with Crippen molar-refractivity contribution in [3.8, 4) is 5.75 Å². The molecule has 1 aliphatic rings. The molecule has 0 bridgehead atoms. The van der Waals surface area contributed by atoms with Crippen molar-refractivity contribution < 1.29 is 29.9 Å². The predicted octanol–water partition coefficient (Wildman–Crippen LogP) is -0.572. The van der Waals surface area contributed by atoms with Gasteiger partial charge in [0.25, 0.3) is 0 Å². The van der Waals surface area contributed by atoms with Crippen LogP contribution in [0.3, 0.4) is 0 Å². The van der Waals surface area contributed by atoms with Gasteiger partial charge in [-0.1, -0.05) is 19.1 Å². The summed E-state index contributed by atoms with van der Waals surface area (Å²) in [5, 5.41) is 38.3. The molecule has 0 saturated carbocycles. The van der Waals surface area contributed by atoms with Gasteiger partial charge in [0.05, 0.1) is 6.61 Å². The zero-order chi connectivity index (χ0) is 14.7. The Bertz CT molecular complexity index is 435. The molecule has 1 heterocycles. The molecule has 0 spiro atoms. The summed E-state index contributed by atoms with van der Waals surface area (Å²) in [6, 6.07) is 7.28. The van der Waals surface area contributed by atoms with Crippen LogP contribution in [0.5, 0.6) is 5.75 Å². The minimum absolute atomic E-state index is 0.472. The molecule has 0 aromatic heterocycles. The lowest BCUT2D eigenvalue weighted by atomic mass is 9.99. The molecule has 6 nitrogen and oxygen atoms in total. The van der Waals surface area contributed by atoms with Gasteiger partial charge in [0.15, 0.2) is 0 Å². The molecule has 6 heteroatoms. The molecule has 112 valence electrons. The molecule has 20 heavy (non-hydrogen) atoms. The fraction of sp³-hybridized carbons (Fsp3) is 0.571.